The molecule has 3 N–H and O–H groups in total. The molecule has 4 atom stereocenters. The van der Waals surface area contributed by atoms with Gasteiger partial charge >= 0.3 is 0 Å². The van der Waals surface area contributed by atoms with E-state index in [1.807, 2.05) is 57.9 Å². The van der Waals surface area contributed by atoms with Crippen LogP contribution in [0, 0.1) is 18.3 Å². The lowest BCUT2D eigenvalue weighted by Gasteiger charge is -2.43. The van der Waals surface area contributed by atoms with Gasteiger partial charge in [0.1, 0.15) is 11.9 Å². The number of aryl methyl sites for hydroxylation is 1. The van der Waals surface area contributed by atoms with Crippen LogP contribution in [0.15, 0.2) is 29.4 Å². The lowest BCUT2D eigenvalue weighted by Crippen LogP contribution is -2.50. The molecule has 0 bridgehead atoms. The number of hydrazine groups is 1. The van der Waals surface area contributed by atoms with Gasteiger partial charge in [-0.15, -0.1) is 0 Å². The molecule has 1 saturated heterocycles. The Morgan fingerprint density at radius 1 is 1.21 bits per heavy atom. The quantitative estimate of drug-likeness (QED) is 0.142. The number of amides is 1. The van der Waals surface area contributed by atoms with Gasteiger partial charge in [0.25, 0.3) is 0 Å². The highest BCUT2D eigenvalue weighted by Crippen LogP contribution is 2.38. The third-order valence-electron chi connectivity index (χ3n) is 7.94. The molecule has 1 aromatic carbocycles. The van der Waals surface area contributed by atoms with Crippen LogP contribution >= 0.6 is 0 Å². The maximum absolute atomic E-state index is 14.2. The van der Waals surface area contributed by atoms with Crippen LogP contribution < -0.4 is 20.9 Å². The molecule has 1 aliphatic heterocycles. The highest BCUT2D eigenvalue weighted by Gasteiger charge is 2.38. The van der Waals surface area contributed by atoms with Gasteiger partial charge in [-0.05, 0) is 101 Å². The Kier molecular flexibility index (Phi) is 12.5. The van der Waals surface area contributed by atoms with Crippen molar-refractivity contribution in [3.05, 3.63) is 40.5 Å². The molecule has 1 fully saturated rings. The predicted molar refractivity (Wildman–Crippen MR) is 163 cm³/mol. The monoisotopic (exact) mass is 544 g/mol. The average Bonchev–Trinajstić information content (AvgIpc) is 2.91. The summed E-state index contributed by atoms with van der Waals surface area (Å²) in [5, 5.41) is 3.13. The standard InChI is InChI=1S/C30H47FN4O2.C2H6/c1-19-12-13-23(10-9-11-26(19)31)21(3)35-18-30(5,6)17-25(29(35)36)15-24-16-28(37-8)27(14-20(24)2)34-33-22(4)32-7;1-2/h10,14-16,19,21-22,26,32-34H,9,11-13,17-18H2,1-8H3;1-2H3/b23-10+,25-15+;/t19?,21-,22?,26?;/m0./s1. The lowest BCUT2D eigenvalue weighted by molar-refractivity contribution is -0.132. The summed E-state index contributed by atoms with van der Waals surface area (Å²) in [6.07, 6.45) is 7.26. The summed E-state index contributed by atoms with van der Waals surface area (Å²) in [7, 11) is 3.54. The molecule has 220 valence electrons. The van der Waals surface area contributed by atoms with Gasteiger partial charge in [-0.3, -0.25) is 4.79 Å². The molecule has 39 heavy (non-hydrogen) atoms. The van der Waals surface area contributed by atoms with E-state index in [4.69, 9.17) is 4.74 Å². The number of carbonyl (C=O) groups is 1. The summed E-state index contributed by atoms with van der Waals surface area (Å²) in [5.41, 5.74) is 11.3. The molecule has 3 rings (SSSR count). The summed E-state index contributed by atoms with van der Waals surface area (Å²) in [4.78, 5) is 15.9. The molecular formula is C32H53FN4O2. The number of methoxy groups -OCH3 is 1. The maximum Gasteiger partial charge on any atom is 0.250 e. The Balaban J connectivity index is 0.00000260. The number of hydrogen-bond acceptors (Lipinski definition) is 5. The minimum atomic E-state index is -0.734. The molecule has 0 radical (unpaired) electrons. The number of piperidine rings is 1. The number of rotatable bonds is 8. The van der Waals surface area contributed by atoms with E-state index in [9.17, 15) is 9.18 Å². The van der Waals surface area contributed by atoms with Crippen LogP contribution in [0.3, 0.4) is 0 Å². The van der Waals surface area contributed by atoms with E-state index in [0.29, 0.717) is 18.7 Å². The highest BCUT2D eigenvalue weighted by molar-refractivity contribution is 5.99. The lowest BCUT2D eigenvalue weighted by atomic mass is 9.79. The fraction of sp³-hybridized carbons (Fsp3) is 0.656. The average molecular weight is 545 g/mol. The first-order chi connectivity index (χ1) is 18.5. The fourth-order valence-electron chi connectivity index (χ4n) is 5.33. The molecule has 0 spiro atoms. The van der Waals surface area contributed by atoms with Crippen molar-refractivity contribution in [1.82, 2.24) is 15.6 Å². The number of likely N-dealkylation sites (tertiary alicyclic amines) is 1. The van der Waals surface area contributed by atoms with Gasteiger partial charge in [0.05, 0.1) is 25.0 Å². The Labute approximate surface area is 236 Å². The van der Waals surface area contributed by atoms with Crippen LogP contribution in [-0.4, -0.2) is 49.9 Å². The second-order valence-corrected chi connectivity index (χ2v) is 11.7. The van der Waals surface area contributed by atoms with Crippen molar-refractivity contribution in [2.45, 2.75) is 106 Å². The van der Waals surface area contributed by atoms with Gasteiger partial charge in [-0.2, -0.15) is 0 Å². The van der Waals surface area contributed by atoms with Gasteiger partial charge in [0, 0.05) is 12.1 Å². The predicted octanol–water partition coefficient (Wildman–Crippen LogP) is 7.02. The van der Waals surface area contributed by atoms with Crippen LogP contribution in [0.4, 0.5) is 10.1 Å². The number of alkyl halides is 1. The summed E-state index contributed by atoms with van der Waals surface area (Å²) >= 11 is 0. The normalized spacial score (nSPS) is 25.4. The van der Waals surface area contributed by atoms with Crippen molar-refractivity contribution in [2.75, 3.05) is 26.1 Å². The van der Waals surface area contributed by atoms with E-state index in [-0.39, 0.29) is 29.4 Å². The number of carbonyl (C=O) groups excluding carboxylic acids is 1. The van der Waals surface area contributed by atoms with Crippen LogP contribution in [0.2, 0.25) is 0 Å². The van der Waals surface area contributed by atoms with Crippen LogP contribution in [-0.2, 0) is 4.79 Å². The second-order valence-electron chi connectivity index (χ2n) is 11.7. The van der Waals surface area contributed by atoms with Crippen molar-refractivity contribution in [3.8, 4) is 5.75 Å². The van der Waals surface area contributed by atoms with Crippen molar-refractivity contribution in [3.63, 3.8) is 0 Å². The number of ether oxygens (including phenoxy) is 1. The van der Waals surface area contributed by atoms with E-state index >= 15 is 0 Å². The van der Waals surface area contributed by atoms with Gasteiger partial charge in [-0.25, -0.2) is 9.82 Å². The second kappa shape index (κ2) is 14.8. The summed E-state index contributed by atoms with van der Waals surface area (Å²) in [6, 6.07) is 4.03. The molecule has 6 nitrogen and oxygen atoms in total. The molecule has 0 aromatic heterocycles. The van der Waals surface area contributed by atoms with Gasteiger partial charge in [-0.1, -0.05) is 46.3 Å². The van der Waals surface area contributed by atoms with E-state index < -0.39 is 6.17 Å². The first kappa shape index (κ1) is 32.8. The van der Waals surface area contributed by atoms with Crippen molar-refractivity contribution >= 4 is 17.7 Å². The summed E-state index contributed by atoms with van der Waals surface area (Å²) in [6.45, 7) is 17.4. The number of allylic oxidation sites excluding steroid dienone is 1. The van der Waals surface area contributed by atoms with E-state index in [2.05, 4.69) is 49.9 Å². The topological polar surface area (TPSA) is 65.6 Å². The van der Waals surface area contributed by atoms with Crippen molar-refractivity contribution in [2.24, 2.45) is 11.3 Å². The van der Waals surface area contributed by atoms with Gasteiger partial charge < -0.3 is 20.4 Å². The first-order valence-corrected chi connectivity index (χ1v) is 14.7. The van der Waals surface area contributed by atoms with E-state index in [1.54, 1.807) is 7.11 Å². The molecule has 1 aromatic rings. The third-order valence-corrected chi connectivity index (χ3v) is 7.94. The van der Waals surface area contributed by atoms with Crippen LogP contribution in [0.25, 0.3) is 6.08 Å². The Morgan fingerprint density at radius 3 is 2.54 bits per heavy atom. The van der Waals surface area contributed by atoms with Crippen LogP contribution in [0.1, 0.15) is 91.7 Å². The largest absolute Gasteiger partial charge is 0.495 e. The number of benzene rings is 1. The molecule has 3 unspecified atom stereocenters. The zero-order valence-corrected chi connectivity index (χ0v) is 26.0. The molecule has 0 saturated carbocycles. The third kappa shape index (κ3) is 8.81. The molecule has 1 amide bonds. The van der Waals surface area contributed by atoms with Crippen LogP contribution in [0.5, 0.6) is 5.75 Å². The number of hydrogen-bond donors (Lipinski definition) is 3. The molecule has 1 heterocycles. The Hall–Kier alpha value is -2.38. The number of nitrogens with one attached hydrogen (secondary N) is 3. The molecular weight excluding hydrogens is 491 g/mol. The smallest absolute Gasteiger partial charge is 0.250 e. The minimum absolute atomic E-state index is 0.00119. The summed E-state index contributed by atoms with van der Waals surface area (Å²) < 4.78 is 19.9. The highest BCUT2D eigenvalue weighted by atomic mass is 19.1. The number of nitrogens with zero attached hydrogens (tertiary/aromatic N) is 1. The number of halogens is 1. The number of anilines is 1. The first-order valence-electron chi connectivity index (χ1n) is 14.7. The molecule has 7 heteroatoms. The van der Waals surface area contributed by atoms with Crippen molar-refractivity contribution < 1.29 is 13.9 Å². The zero-order valence-electron chi connectivity index (χ0n) is 26.0. The minimum Gasteiger partial charge on any atom is -0.495 e. The van der Waals surface area contributed by atoms with Gasteiger partial charge in [0.2, 0.25) is 5.91 Å². The van der Waals surface area contributed by atoms with E-state index in [0.717, 1.165) is 48.1 Å². The maximum atomic E-state index is 14.2. The fourth-order valence-corrected chi connectivity index (χ4v) is 5.33. The van der Waals surface area contributed by atoms with E-state index in [1.165, 1.54) is 5.57 Å². The SMILES string of the molecule is CC.CNC(C)NNc1cc(C)c(/C=C2\CC(C)(C)CN([C@@H](C)/C3=C/CCC(F)C(C)CC3)C2=O)cc1OC. The molecule has 2 aliphatic rings. The summed E-state index contributed by atoms with van der Waals surface area (Å²) in [5.74, 6) is 0.865. The Bertz CT molecular complexity index is 1020. The Morgan fingerprint density at radius 2 is 1.90 bits per heavy atom. The molecule has 1 aliphatic carbocycles. The van der Waals surface area contributed by atoms with Gasteiger partial charge in [0.15, 0.2) is 0 Å². The zero-order chi connectivity index (χ0) is 29.3. The van der Waals surface area contributed by atoms with Crippen molar-refractivity contribution in [1.29, 1.82) is 0 Å².